The second-order valence-electron chi connectivity index (χ2n) is 6.80. The summed E-state index contributed by atoms with van der Waals surface area (Å²) in [5.41, 5.74) is 0.633. The number of ether oxygens (including phenoxy) is 1. The molecule has 1 aromatic heterocycles. The van der Waals surface area contributed by atoms with Crippen molar-refractivity contribution in [2.75, 3.05) is 13.1 Å². The van der Waals surface area contributed by atoms with Crippen molar-refractivity contribution in [3.63, 3.8) is 0 Å². The smallest absolute Gasteiger partial charge is 0.291 e. The van der Waals surface area contributed by atoms with Crippen molar-refractivity contribution in [1.82, 2.24) is 10.2 Å². The number of nitrogens with zero attached hydrogens (tertiary/aromatic N) is 1. The average molecular weight is 361 g/mol. The lowest BCUT2D eigenvalue weighted by Crippen LogP contribution is -2.62. The number of hydrogen-bond acceptors (Lipinski definition) is 4. The molecule has 6 heteroatoms. The molecule has 132 valence electrons. The zero-order valence-corrected chi connectivity index (χ0v) is 14.8. The maximum Gasteiger partial charge on any atom is 0.291 e. The van der Waals surface area contributed by atoms with Crippen LogP contribution in [0.2, 0.25) is 5.22 Å². The summed E-state index contributed by atoms with van der Waals surface area (Å²) in [7, 11) is 0. The molecule has 5 rings (SSSR count). The molecule has 3 fully saturated rings. The minimum Gasteiger partial charge on any atom is -0.426 e. The number of amides is 1. The van der Waals surface area contributed by atoms with E-state index in [0.717, 1.165) is 13.1 Å². The van der Waals surface area contributed by atoms with Crippen molar-refractivity contribution in [3.05, 3.63) is 47.2 Å². The molecule has 3 aliphatic heterocycles. The van der Waals surface area contributed by atoms with Gasteiger partial charge in [0, 0.05) is 29.8 Å². The molecular formula is C19H21ClN2O3. The summed E-state index contributed by atoms with van der Waals surface area (Å²) < 4.78 is 10.7. The molecule has 2 aromatic rings. The van der Waals surface area contributed by atoms with E-state index in [-0.39, 0.29) is 17.2 Å². The Morgan fingerprint density at radius 1 is 1.20 bits per heavy atom. The van der Waals surface area contributed by atoms with Gasteiger partial charge in [0.05, 0.1) is 0 Å². The van der Waals surface area contributed by atoms with Gasteiger partial charge in [-0.2, -0.15) is 0 Å². The average Bonchev–Trinajstić information content (AvgIpc) is 3.04. The Balaban J connectivity index is 1.40. The molecule has 2 bridgehead atoms. The van der Waals surface area contributed by atoms with E-state index in [9.17, 15) is 4.79 Å². The molecule has 1 N–H and O–H groups in total. The zero-order chi connectivity index (χ0) is 17.4. The third-order valence-corrected chi connectivity index (χ3v) is 5.56. The van der Waals surface area contributed by atoms with E-state index >= 15 is 0 Å². The first-order valence-corrected chi connectivity index (χ1v) is 9.06. The van der Waals surface area contributed by atoms with Gasteiger partial charge in [-0.25, -0.2) is 0 Å². The molecule has 1 amide bonds. The van der Waals surface area contributed by atoms with Gasteiger partial charge in [-0.3, -0.25) is 9.69 Å². The fraction of sp³-hybridized carbons (Fsp3) is 0.421. The van der Waals surface area contributed by atoms with Gasteiger partial charge in [0.2, 0.25) is 0 Å². The summed E-state index contributed by atoms with van der Waals surface area (Å²) in [4.78, 5) is 15.1. The third-order valence-electron chi connectivity index (χ3n) is 5.36. The Bertz CT molecular complexity index is 748. The van der Waals surface area contributed by atoms with Crippen molar-refractivity contribution in [1.29, 1.82) is 0 Å². The van der Waals surface area contributed by atoms with E-state index in [1.165, 1.54) is 12.8 Å². The Labute approximate surface area is 151 Å². The van der Waals surface area contributed by atoms with E-state index in [0.29, 0.717) is 29.2 Å². The van der Waals surface area contributed by atoms with E-state index in [2.05, 4.69) is 17.1 Å². The van der Waals surface area contributed by atoms with Crippen LogP contribution in [-0.4, -0.2) is 36.0 Å². The lowest BCUT2D eigenvalue weighted by Gasteiger charge is -2.49. The maximum absolute atomic E-state index is 12.6. The van der Waals surface area contributed by atoms with Gasteiger partial charge in [0.15, 0.2) is 5.22 Å². The highest BCUT2D eigenvalue weighted by molar-refractivity contribution is 6.28. The highest BCUT2D eigenvalue weighted by Crippen LogP contribution is 2.32. The summed E-state index contributed by atoms with van der Waals surface area (Å²) in [6, 6.07) is 10.9. The SMILES string of the molecule is CC1C(NC(=O)c2ccc(Oc3ccc(Cl)o3)cc2)C2CCN1CC2. The summed E-state index contributed by atoms with van der Waals surface area (Å²) in [6.45, 7) is 4.52. The van der Waals surface area contributed by atoms with Crippen LogP contribution >= 0.6 is 11.6 Å². The Kier molecular flexibility index (Phi) is 4.44. The van der Waals surface area contributed by atoms with Crippen LogP contribution in [-0.2, 0) is 0 Å². The molecule has 3 saturated heterocycles. The monoisotopic (exact) mass is 360 g/mol. The fourth-order valence-electron chi connectivity index (χ4n) is 3.92. The van der Waals surface area contributed by atoms with Crippen molar-refractivity contribution in [2.45, 2.75) is 31.8 Å². The molecule has 0 radical (unpaired) electrons. The molecule has 0 spiro atoms. The predicted molar refractivity (Wildman–Crippen MR) is 95.2 cm³/mol. The van der Waals surface area contributed by atoms with Crippen LogP contribution in [0, 0.1) is 5.92 Å². The van der Waals surface area contributed by atoms with E-state index in [1.807, 2.05) is 0 Å². The number of benzene rings is 1. The lowest BCUT2D eigenvalue weighted by atomic mass is 9.79. The number of piperidine rings is 3. The quantitative estimate of drug-likeness (QED) is 0.897. The first-order valence-electron chi connectivity index (χ1n) is 8.68. The number of carbonyl (C=O) groups excluding carboxylic acids is 1. The minimum absolute atomic E-state index is 0.0295. The van der Waals surface area contributed by atoms with Gasteiger partial charge in [-0.15, -0.1) is 0 Å². The maximum atomic E-state index is 12.6. The van der Waals surface area contributed by atoms with Crippen molar-refractivity contribution < 1.29 is 13.9 Å². The molecule has 4 heterocycles. The van der Waals surface area contributed by atoms with Gasteiger partial charge >= 0.3 is 0 Å². The van der Waals surface area contributed by atoms with Gasteiger partial charge in [0.1, 0.15) is 5.75 Å². The molecule has 5 nitrogen and oxygen atoms in total. The predicted octanol–water partition coefficient (Wildman–Crippen LogP) is 3.94. The van der Waals surface area contributed by atoms with Crippen LogP contribution in [0.15, 0.2) is 40.8 Å². The normalized spacial score (nSPS) is 27.9. The van der Waals surface area contributed by atoms with Gasteiger partial charge in [0.25, 0.3) is 11.9 Å². The van der Waals surface area contributed by atoms with Crippen LogP contribution in [0.4, 0.5) is 0 Å². The van der Waals surface area contributed by atoms with Gasteiger partial charge in [-0.1, -0.05) is 0 Å². The number of furan rings is 1. The summed E-state index contributed by atoms with van der Waals surface area (Å²) >= 11 is 5.72. The molecule has 2 atom stereocenters. The number of nitrogens with one attached hydrogen (secondary N) is 1. The molecule has 25 heavy (non-hydrogen) atoms. The second kappa shape index (κ2) is 6.73. The number of halogens is 1. The molecule has 3 aliphatic rings. The molecule has 1 aromatic carbocycles. The van der Waals surface area contributed by atoms with Crippen LogP contribution in [0.3, 0.4) is 0 Å². The van der Waals surface area contributed by atoms with E-state index in [1.54, 1.807) is 36.4 Å². The number of rotatable bonds is 4. The first-order chi connectivity index (χ1) is 12.1. The summed E-state index contributed by atoms with van der Waals surface area (Å²) in [5, 5.41) is 3.51. The topological polar surface area (TPSA) is 54.7 Å². The largest absolute Gasteiger partial charge is 0.426 e. The van der Waals surface area contributed by atoms with Gasteiger partial charge < -0.3 is 14.5 Å². The Hall–Kier alpha value is -1.98. The fourth-order valence-corrected chi connectivity index (χ4v) is 4.06. The van der Waals surface area contributed by atoms with E-state index < -0.39 is 0 Å². The van der Waals surface area contributed by atoms with Crippen molar-refractivity contribution in [3.8, 4) is 11.7 Å². The summed E-state index contributed by atoms with van der Waals surface area (Å²) in [5.74, 6) is 1.48. The van der Waals surface area contributed by atoms with E-state index in [4.69, 9.17) is 20.8 Å². The first kappa shape index (κ1) is 16.5. The Morgan fingerprint density at radius 3 is 2.52 bits per heavy atom. The van der Waals surface area contributed by atoms with Crippen LogP contribution in [0.25, 0.3) is 0 Å². The highest BCUT2D eigenvalue weighted by atomic mass is 35.5. The number of fused-ring (bicyclic) bond motifs is 3. The third kappa shape index (κ3) is 3.39. The lowest BCUT2D eigenvalue weighted by molar-refractivity contribution is 0.0217. The number of hydrogen-bond donors (Lipinski definition) is 1. The van der Waals surface area contributed by atoms with Crippen molar-refractivity contribution in [2.24, 2.45) is 5.92 Å². The molecule has 0 saturated carbocycles. The molecule has 0 aliphatic carbocycles. The molecular weight excluding hydrogens is 340 g/mol. The highest BCUT2D eigenvalue weighted by Gasteiger charge is 2.40. The molecule has 2 unspecified atom stereocenters. The van der Waals surface area contributed by atoms with Crippen molar-refractivity contribution >= 4 is 17.5 Å². The minimum atomic E-state index is -0.0295. The van der Waals surface area contributed by atoms with Crippen LogP contribution < -0.4 is 10.1 Å². The van der Waals surface area contributed by atoms with Gasteiger partial charge in [-0.05, 0) is 74.6 Å². The second-order valence-corrected chi connectivity index (χ2v) is 7.17. The summed E-state index contributed by atoms with van der Waals surface area (Å²) in [6.07, 6.45) is 2.35. The Morgan fingerprint density at radius 2 is 1.92 bits per heavy atom. The zero-order valence-electron chi connectivity index (χ0n) is 14.1. The van der Waals surface area contributed by atoms with Crippen LogP contribution in [0.1, 0.15) is 30.1 Å². The number of carbonyl (C=O) groups is 1. The standard InChI is InChI=1S/C19H21ClN2O3/c1-12-18(13-8-10-22(12)11-9-13)21-19(23)14-2-4-15(5-3-14)24-17-7-6-16(20)25-17/h2-7,12-13,18H,8-11H2,1H3,(H,21,23). The van der Waals surface area contributed by atoms with Crippen LogP contribution in [0.5, 0.6) is 11.7 Å².